The van der Waals surface area contributed by atoms with E-state index in [9.17, 15) is 19.5 Å². The molecule has 0 aliphatic heterocycles. The molecule has 4 aliphatic rings. The molecule has 44 heavy (non-hydrogen) atoms. The average molecular weight is 598 g/mol. The molecule has 2 aromatic carbocycles. The molecule has 2 N–H and O–H groups in total. The number of nitrogens with zero attached hydrogens (tertiary/aromatic N) is 2. The Morgan fingerprint density at radius 1 is 1.07 bits per heavy atom. The van der Waals surface area contributed by atoms with Gasteiger partial charge in [0.05, 0.1) is 29.3 Å². The van der Waals surface area contributed by atoms with Crippen molar-refractivity contribution in [3.8, 4) is 11.6 Å². The number of rotatable bonds is 6. The van der Waals surface area contributed by atoms with Crippen molar-refractivity contribution < 1.29 is 28.6 Å². The first-order chi connectivity index (χ1) is 21.2. The summed E-state index contributed by atoms with van der Waals surface area (Å²) >= 11 is 0. The molecule has 5 atom stereocenters. The summed E-state index contributed by atoms with van der Waals surface area (Å²) in [6.45, 7) is 0. The SMILES string of the molecule is COC(=O)Oc1c(Cc2ccc(C(=O)NC3[C@@H]4CC5C[C@H]3CC(O)(C5)C4)cc2F)c(=O)c2cccnc2n1-c1ccccc1. The van der Waals surface area contributed by atoms with Crippen molar-refractivity contribution in [3.63, 3.8) is 0 Å². The number of nitrogens with one attached hydrogen (secondary N) is 1. The van der Waals surface area contributed by atoms with E-state index in [0.717, 1.165) is 26.4 Å². The van der Waals surface area contributed by atoms with E-state index >= 15 is 4.39 Å². The van der Waals surface area contributed by atoms with Crippen molar-refractivity contribution >= 4 is 23.1 Å². The molecule has 4 aliphatic carbocycles. The number of benzene rings is 2. The van der Waals surface area contributed by atoms with E-state index in [-0.39, 0.29) is 63.8 Å². The third-order valence-corrected chi connectivity index (χ3v) is 9.56. The first kappa shape index (κ1) is 28.2. The Morgan fingerprint density at radius 3 is 2.50 bits per heavy atom. The number of hydrogen-bond donors (Lipinski definition) is 2. The van der Waals surface area contributed by atoms with Crippen LogP contribution < -0.4 is 15.5 Å². The van der Waals surface area contributed by atoms with Crippen LogP contribution in [-0.4, -0.2) is 45.5 Å². The number of para-hydroxylation sites is 1. The predicted octanol–water partition coefficient (Wildman–Crippen LogP) is 4.93. The van der Waals surface area contributed by atoms with Gasteiger partial charge in [-0.1, -0.05) is 24.3 Å². The predicted molar refractivity (Wildman–Crippen MR) is 159 cm³/mol. The summed E-state index contributed by atoms with van der Waals surface area (Å²) in [4.78, 5) is 43.8. The lowest BCUT2D eigenvalue weighted by molar-refractivity contribution is -0.136. The van der Waals surface area contributed by atoms with E-state index in [1.165, 1.54) is 29.0 Å². The number of aliphatic hydroxyl groups is 1. The number of carbonyl (C=O) groups is 2. The fourth-order valence-corrected chi connectivity index (χ4v) is 7.92. The molecule has 226 valence electrons. The van der Waals surface area contributed by atoms with Gasteiger partial charge in [-0.3, -0.25) is 14.2 Å². The molecule has 4 bridgehead atoms. The number of carbonyl (C=O) groups excluding carboxylic acids is 2. The van der Waals surface area contributed by atoms with Gasteiger partial charge >= 0.3 is 6.16 Å². The van der Waals surface area contributed by atoms with E-state index in [4.69, 9.17) is 9.47 Å². The third kappa shape index (κ3) is 4.93. The van der Waals surface area contributed by atoms with Crippen LogP contribution in [0.25, 0.3) is 16.7 Å². The number of aromatic nitrogens is 2. The third-order valence-electron chi connectivity index (χ3n) is 9.56. The van der Waals surface area contributed by atoms with Crippen molar-refractivity contribution in [1.29, 1.82) is 0 Å². The normalized spacial score (nSPS) is 25.2. The van der Waals surface area contributed by atoms with E-state index in [1.807, 2.05) is 6.07 Å². The molecule has 8 rings (SSSR count). The summed E-state index contributed by atoms with van der Waals surface area (Å²) in [6.07, 6.45) is 4.48. The molecular weight excluding hydrogens is 565 g/mol. The maximum atomic E-state index is 15.7. The summed E-state index contributed by atoms with van der Waals surface area (Å²) < 4.78 is 27.5. The molecule has 2 aromatic heterocycles. The minimum Gasteiger partial charge on any atom is -0.437 e. The number of halogens is 1. The van der Waals surface area contributed by atoms with E-state index in [2.05, 4.69) is 10.3 Å². The second-order valence-electron chi connectivity index (χ2n) is 12.4. The van der Waals surface area contributed by atoms with Crippen LogP contribution in [0.1, 0.15) is 53.6 Å². The average Bonchev–Trinajstić information content (AvgIpc) is 3.01. The van der Waals surface area contributed by atoms with Crippen LogP contribution in [0, 0.1) is 23.6 Å². The lowest BCUT2D eigenvalue weighted by Crippen LogP contribution is -2.61. The molecule has 0 spiro atoms. The largest absolute Gasteiger partial charge is 0.514 e. The van der Waals surface area contributed by atoms with Crippen LogP contribution in [0.4, 0.5) is 9.18 Å². The highest BCUT2D eigenvalue weighted by Gasteiger charge is 2.55. The number of hydrogen-bond acceptors (Lipinski definition) is 7. The van der Waals surface area contributed by atoms with Crippen molar-refractivity contribution in [1.82, 2.24) is 14.9 Å². The lowest BCUT2D eigenvalue weighted by atomic mass is 9.52. The van der Waals surface area contributed by atoms with Gasteiger partial charge in [0.2, 0.25) is 5.88 Å². The first-order valence-electron chi connectivity index (χ1n) is 14.9. The van der Waals surface area contributed by atoms with Gasteiger partial charge in [-0.05, 0) is 91.8 Å². The molecule has 4 aromatic rings. The summed E-state index contributed by atoms with van der Waals surface area (Å²) in [5, 5.41) is 14.3. The van der Waals surface area contributed by atoms with Crippen LogP contribution >= 0.6 is 0 Å². The Labute approximate surface area is 252 Å². The minimum atomic E-state index is -1.05. The second-order valence-corrected chi connectivity index (χ2v) is 12.4. The molecule has 3 unspecified atom stereocenters. The van der Waals surface area contributed by atoms with E-state index in [0.29, 0.717) is 24.4 Å². The standard InChI is InChI=1S/C34H32FN3O6/c1-43-33(41)44-32-26(29(39)25-8-5-11-36-30(25)38(32)24-6-3-2-4-7-24)14-20-9-10-21(15-27(20)35)31(40)37-28-22-12-19-13-23(28)18-34(42,16-19)17-22/h2-11,15,19,22-23,28,42H,12-14,16-18H2,1H3,(H,37,40)/t19?,22-,23+,28?,34?. The molecule has 10 heteroatoms. The summed E-state index contributed by atoms with van der Waals surface area (Å²) in [5.41, 5.74) is 0.102. The van der Waals surface area contributed by atoms with Crippen LogP contribution in [0.15, 0.2) is 71.7 Å². The van der Waals surface area contributed by atoms with Crippen molar-refractivity contribution in [2.75, 3.05) is 7.11 Å². The van der Waals surface area contributed by atoms with E-state index < -0.39 is 23.0 Å². The number of fused-ring (bicyclic) bond motifs is 1. The summed E-state index contributed by atoms with van der Waals surface area (Å²) in [6, 6.07) is 16.3. The number of methoxy groups -OCH3 is 1. The fourth-order valence-electron chi connectivity index (χ4n) is 7.92. The summed E-state index contributed by atoms with van der Waals surface area (Å²) in [5.74, 6) is -0.212. The van der Waals surface area contributed by atoms with Crippen LogP contribution in [-0.2, 0) is 11.2 Å². The Hall–Kier alpha value is -4.57. The molecule has 2 heterocycles. The molecule has 0 saturated heterocycles. The van der Waals surface area contributed by atoms with Gasteiger partial charge in [0.25, 0.3) is 5.91 Å². The maximum absolute atomic E-state index is 15.7. The number of ether oxygens (including phenoxy) is 2. The molecule has 4 saturated carbocycles. The molecule has 9 nitrogen and oxygen atoms in total. The smallest absolute Gasteiger partial charge is 0.437 e. The number of amides is 1. The molecule has 0 radical (unpaired) electrons. The molecule has 4 fully saturated rings. The Kier molecular flexibility index (Phi) is 6.96. The Morgan fingerprint density at radius 2 is 1.82 bits per heavy atom. The van der Waals surface area contributed by atoms with Crippen LogP contribution in [0.2, 0.25) is 0 Å². The van der Waals surface area contributed by atoms with Gasteiger partial charge in [-0.2, -0.15) is 0 Å². The zero-order chi connectivity index (χ0) is 30.6. The maximum Gasteiger partial charge on any atom is 0.514 e. The van der Waals surface area contributed by atoms with E-state index in [1.54, 1.807) is 36.4 Å². The first-order valence-corrected chi connectivity index (χ1v) is 14.9. The zero-order valence-corrected chi connectivity index (χ0v) is 24.2. The quantitative estimate of drug-likeness (QED) is 0.303. The Bertz CT molecular complexity index is 1820. The monoisotopic (exact) mass is 597 g/mol. The fraction of sp³-hybridized carbons (Fsp3) is 0.353. The molecule has 1 amide bonds. The number of pyridine rings is 2. The Balaban J connectivity index is 1.22. The minimum absolute atomic E-state index is 0.0300. The van der Waals surface area contributed by atoms with Crippen molar-refractivity contribution in [2.45, 2.75) is 50.2 Å². The summed E-state index contributed by atoms with van der Waals surface area (Å²) in [7, 11) is 1.15. The van der Waals surface area contributed by atoms with Gasteiger partial charge < -0.3 is 19.9 Å². The van der Waals surface area contributed by atoms with Crippen molar-refractivity contribution in [3.05, 3.63) is 99.6 Å². The van der Waals surface area contributed by atoms with Gasteiger partial charge in [0, 0.05) is 24.2 Å². The lowest BCUT2D eigenvalue weighted by Gasteiger charge is -2.58. The van der Waals surface area contributed by atoms with Crippen molar-refractivity contribution in [2.24, 2.45) is 17.8 Å². The van der Waals surface area contributed by atoms with Crippen LogP contribution in [0.3, 0.4) is 0 Å². The zero-order valence-electron chi connectivity index (χ0n) is 24.2. The van der Waals surface area contributed by atoms with Gasteiger partial charge in [0.1, 0.15) is 5.82 Å². The molecular formula is C34H32FN3O6. The highest BCUT2D eigenvalue weighted by molar-refractivity contribution is 5.94. The van der Waals surface area contributed by atoms with Crippen LogP contribution in [0.5, 0.6) is 5.88 Å². The second kappa shape index (κ2) is 10.9. The van der Waals surface area contributed by atoms with Gasteiger partial charge in [0.15, 0.2) is 11.1 Å². The van der Waals surface area contributed by atoms with Gasteiger partial charge in [-0.25, -0.2) is 14.2 Å². The topological polar surface area (TPSA) is 120 Å². The highest BCUT2D eigenvalue weighted by atomic mass is 19.1. The highest BCUT2D eigenvalue weighted by Crippen LogP contribution is 2.55. The van der Waals surface area contributed by atoms with Gasteiger partial charge in [-0.15, -0.1) is 0 Å².